The van der Waals surface area contributed by atoms with Crippen molar-refractivity contribution in [3.63, 3.8) is 0 Å². The summed E-state index contributed by atoms with van der Waals surface area (Å²) < 4.78 is 13.5. The maximum atomic E-state index is 13.5. The Labute approximate surface area is 174 Å². The van der Waals surface area contributed by atoms with Crippen molar-refractivity contribution in [2.24, 2.45) is 0 Å². The number of carbonyl (C=O) groups excluding carboxylic acids is 2. The number of benzene rings is 1. The maximum Gasteiger partial charge on any atom is 0.255 e. The zero-order valence-corrected chi connectivity index (χ0v) is 17.4. The van der Waals surface area contributed by atoms with Crippen molar-refractivity contribution in [1.29, 1.82) is 0 Å². The molecule has 3 unspecified atom stereocenters. The van der Waals surface area contributed by atoms with Gasteiger partial charge in [-0.3, -0.25) is 9.59 Å². The molecule has 0 spiro atoms. The summed E-state index contributed by atoms with van der Waals surface area (Å²) >= 11 is 1.55. The molecular weight excluding hydrogens is 395 g/mol. The van der Waals surface area contributed by atoms with Crippen LogP contribution < -0.4 is 5.32 Å². The highest BCUT2D eigenvalue weighted by atomic mass is 32.1. The van der Waals surface area contributed by atoms with Gasteiger partial charge in [0.25, 0.3) is 11.8 Å². The van der Waals surface area contributed by atoms with Gasteiger partial charge in [0.1, 0.15) is 5.82 Å². The van der Waals surface area contributed by atoms with E-state index in [2.05, 4.69) is 5.32 Å². The Kier molecular flexibility index (Phi) is 8.75. The van der Waals surface area contributed by atoms with Gasteiger partial charge in [0.2, 0.25) is 0 Å². The van der Waals surface area contributed by atoms with Gasteiger partial charge in [0.15, 0.2) is 12.2 Å². The van der Waals surface area contributed by atoms with E-state index in [1.807, 2.05) is 24.4 Å². The van der Waals surface area contributed by atoms with Crippen LogP contribution in [0.4, 0.5) is 4.39 Å². The predicted octanol–water partition coefficient (Wildman–Crippen LogP) is 2.27. The number of amides is 2. The van der Waals surface area contributed by atoms with Gasteiger partial charge in [0, 0.05) is 18.0 Å². The lowest BCUT2D eigenvalue weighted by Crippen LogP contribution is -2.51. The summed E-state index contributed by atoms with van der Waals surface area (Å²) in [6.45, 7) is 4.15. The molecule has 0 radical (unpaired) electrons. The molecule has 6 nitrogen and oxygen atoms in total. The number of rotatable bonds is 10. The van der Waals surface area contributed by atoms with Crippen LogP contribution >= 0.6 is 11.3 Å². The fraction of sp³-hybridized carbons (Fsp3) is 0.429. The number of nitrogens with zero attached hydrogens (tertiary/aromatic N) is 1. The number of hydrogen-bond acceptors (Lipinski definition) is 5. The molecule has 1 aromatic carbocycles. The van der Waals surface area contributed by atoms with Crippen LogP contribution in [0.1, 0.15) is 36.8 Å². The van der Waals surface area contributed by atoms with Crippen molar-refractivity contribution in [3.05, 3.63) is 58.0 Å². The van der Waals surface area contributed by atoms with Gasteiger partial charge < -0.3 is 20.4 Å². The summed E-state index contributed by atoms with van der Waals surface area (Å²) in [6.07, 6.45) is -2.59. The number of hydrogen-bond donors (Lipinski definition) is 3. The maximum absolute atomic E-state index is 13.5. The normalized spacial score (nSPS) is 14.1. The Morgan fingerprint density at radius 1 is 1.21 bits per heavy atom. The largest absolute Gasteiger partial charge is 0.380 e. The molecule has 1 aromatic heterocycles. The third-order valence-electron chi connectivity index (χ3n) is 4.62. The third kappa shape index (κ3) is 6.35. The van der Waals surface area contributed by atoms with Crippen LogP contribution in [0.15, 0.2) is 41.8 Å². The van der Waals surface area contributed by atoms with E-state index >= 15 is 0 Å². The van der Waals surface area contributed by atoms with E-state index in [4.69, 9.17) is 0 Å². The number of nitrogens with one attached hydrogen (secondary N) is 1. The number of halogens is 1. The number of thiophene rings is 1. The van der Waals surface area contributed by atoms with Crippen molar-refractivity contribution < 1.29 is 24.2 Å². The monoisotopic (exact) mass is 422 g/mol. The summed E-state index contributed by atoms with van der Waals surface area (Å²) in [5.74, 6) is -2.01. The number of aliphatic hydroxyl groups excluding tert-OH is 2. The van der Waals surface area contributed by atoms with Crippen LogP contribution in [-0.2, 0) is 16.0 Å². The second kappa shape index (κ2) is 11.0. The molecule has 8 heteroatoms. The SMILES string of the molecule is CCCN(C(=O)C(O)C(O)C(=O)NCCc1cccs1)C(C)c1cccc(F)c1. The van der Waals surface area contributed by atoms with Crippen molar-refractivity contribution >= 4 is 23.2 Å². The van der Waals surface area contributed by atoms with E-state index in [9.17, 15) is 24.2 Å². The van der Waals surface area contributed by atoms with Crippen molar-refractivity contribution in [1.82, 2.24) is 10.2 Å². The molecule has 2 aromatic rings. The van der Waals surface area contributed by atoms with Gasteiger partial charge >= 0.3 is 0 Å². The average molecular weight is 423 g/mol. The Morgan fingerprint density at radius 2 is 1.97 bits per heavy atom. The van der Waals surface area contributed by atoms with Gasteiger partial charge in [-0.05, 0) is 48.9 Å². The summed E-state index contributed by atoms with van der Waals surface area (Å²) in [5.41, 5.74) is 0.564. The fourth-order valence-corrected chi connectivity index (χ4v) is 3.71. The van der Waals surface area contributed by atoms with Crippen LogP contribution in [0.2, 0.25) is 0 Å². The molecule has 158 valence electrons. The lowest BCUT2D eigenvalue weighted by atomic mass is 10.0. The van der Waals surface area contributed by atoms with Crippen molar-refractivity contribution in [3.8, 4) is 0 Å². The molecule has 29 heavy (non-hydrogen) atoms. The molecule has 0 bridgehead atoms. The van der Waals surface area contributed by atoms with E-state index in [0.29, 0.717) is 24.9 Å². The molecule has 2 rings (SSSR count). The van der Waals surface area contributed by atoms with E-state index in [1.165, 1.54) is 17.0 Å². The topological polar surface area (TPSA) is 89.9 Å². The Morgan fingerprint density at radius 3 is 2.59 bits per heavy atom. The van der Waals surface area contributed by atoms with Crippen molar-refractivity contribution in [2.45, 2.75) is 44.9 Å². The molecular formula is C21H27FN2O4S. The highest BCUT2D eigenvalue weighted by molar-refractivity contribution is 7.09. The average Bonchev–Trinajstić information content (AvgIpc) is 3.23. The Balaban J connectivity index is 2.00. The van der Waals surface area contributed by atoms with Crippen LogP contribution in [-0.4, -0.2) is 52.2 Å². The van der Waals surface area contributed by atoms with E-state index < -0.39 is 35.9 Å². The molecule has 0 saturated heterocycles. The van der Waals surface area contributed by atoms with E-state index in [1.54, 1.807) is 30.4 Å². The first-order valence-corrected chi connectivity index (χ1v) is 10.4. The minimum Gasteiger partial charge on any atom is -0.380 e. The van der Waals surface area contributed by atoms with E-state index in [0.717, 1.165) is 4.88 Å². The van der Waals surface area contributed by atoms with Crippen LogP contribution in [0.3, 0.4) is 0 Å². The minimum absolute atomic E-state index is 0.287. The second-order valence-corrected chi connectivity index (χ2v) is 7.80. The van der Waals surface area contributed by atoms with Gasteiger partial charge in [-0.1, -0.05) is 25.1 Å². The first kappa shape index (κ1) is 23.0. The minimum atomic E-state index is -1.90. The quantitative estimate of drug-likeness (QED) is 0.548. The van der Waals surface area contributed by atoms with E-state index in [-0.39, 0.29) is 6.54 Å². The van der Waals surface area contributed by atoms with Gasteiger partial charge in [-0.25, -0.2) is 4.39 Å². The van der Waals surface area contributed by atoms with Crippen molar-refractivity contribution in [2.75, 3.05) is 13.1 Å². The van der Waals surface area contributed by atoms with Gasteiger partial charge in [0.05, 0.1) is 6.04 Å². The number of aliphatic hydroxyl groups is 2. The molecule has 2 amide bonds. The zero-order valence-electron chi connectivity index (χ0n) is 16.5. The summed E-state index contributed by atoms with van der Waals surface area (Å²) in [5, 5.41) is 24.9. The van der Waals surface area contributed by atoms with Crippen LogP contribution in [0, 0.1) is 5.82 Å². The van der Waals surface area contributed by atoms with Crippen LogP contribution in [0.5, 0.6) is 0 Å². The first-order chi connectivity index (χ1) is 13.8. The highest BCUT2D eigenvalue weighted by Crippen LogP contribution is 2.22. The molecule has 0 aliphatic heterocycles. The molecule has 0 saturated carbocycles. The molecule has 1 heterocycles. The predicted molar refractivity (Wildman–Crippen MR) is 110 cm³/mol. The lowest BCUT2D eigenvalue weighted by molar-refractivity contribution is -0.154. The van der Waals surface area contributed by atoms with Crippen LogP contribution in [0.25, 0.3) is 0 Å². The summed E-state index contributed by atoms with van der Waals surface area (Å²) in [4.78, 5) is 27.4. The summed E-state index contributed by atoms with van der Waals surface area (Å²) in [6, 6.07) is 9.17. The molecule has 3 atom stereocenters. The second-order valence-electron chi connectivity index (χ2n) is 6.77. The Hall–Kier alpha value is -2.29. The standard InChI is InChI=1S/C21H27FN2O4S/c1-3-11-24(14(2)15-6-4-7-16(22)13-15)21(28)19(26)18(25)20(27)23-10-9-17-8-5-12-29-17/h4-8,12-14,18-19,25-26H,3,9-11H2,1-2H3,(H,23,27). The lowest BCUT2D eigenvalue weighted by Gasteiger charge is -2.32. The zero-order chi connectivity index (χ0) is 21.4. The molecule has 0 fully saturated rings. The third-order valence-corrected chi connectivity index (χ3v) is 5.55. The fourth-order valence-electron chi connectivity index (χ4n) is 3.00. The smallest absolute Gasteiger partial charge is 0.255 e. The van der Waals surface area contributed by atoms with Gasteiger partial charge in [-0.2, -0.15) is 0 Å². The number of carbonyl (C=O) groups is 2. The molecule has 3 N–H and O–H groups in total. The first-order valence-electron chi connectivity index (χ1n) is 9.57. The summed E-state index contributed by atoms with van der Waals surface area (Å²) in [7, 11) is 0. The van der Waals surface area contributed by atoms with Gasteiger partial charge in [-0.15, -0.1) is 11.3 Å². The molecule has 0 aliphatic carbocycles. The highest BCUT2D eigenvalue weighted by Gasteiger charge is 2.35. The Bertz CT molecular complexity index is 800. The molecule has 0 aliphatic rings.